The maximum Gasteiger partial charge on any atom is 0.245 e. The molecular weight excluding hydrogens is 370 g/mol. The number of rotatable bonds is 1. The van der Waals surface area contributed by atoms with E-state index in [1.54, 1.807) is 11.9 Å². The number of hydrogen-bond acceptors (Lipinski definition) is 4. The molecule has 0 unspecified atom stereocenters. The van der Waals surface area contributed by atoms with Crippen LogP contribution in [0.25, 0.3) is 10.9 Å². The predicted molar refractivity (Wildman–Crippen MR) is 105 cm³/mol. The lowest BCUT2D eigenvalue weighted by molar-refractivity contribution is -0.157. The minimum absolute atomic E-state index is 0.0299. The van der Waals surface area contributed by atoms with Gasteiger partial charge < -0.3 is 24.3 Å². The largest absolute Gasteiger partial charge is 0.454 e. The zero-order valence-corrected chi connectivity index (χ0v) is 15.8. The number of likely N-dealkylation sites (N-methyl/N-ethyl adjacent to an activating group) is 1. The van der Waals surface area contributed by atoms with Gasteiger partial charge >= 0.3 is 0 Å². The second kappa shape index (κ2) is 5.76. The molecule has 29 heavy (non-hydrogen) atoms. The van der Waals surface area contributed by atoms with E-state index in [9.17, 15) is 9.59 Å². The highest BCUT2D eigenvalue weighted by Gasteiger charge is 2.47. The molecule has 3 aromatic rings. The third-order valence-corrected chi connectivity index (χ3v) is 6.19. The molecule has 7 heteroatoms. The van der Waals surface area contributed by atoms with Gasteiger partial charge in [0.2, 0.25) is 18.6 Å². The van der Waals surface area contributed by atoms with Crippen LogP contribution in [0, 0.1) is 0 Å². The molecule has 3 aliphatic rings. The van der Waals surface area contributed by atoms with Gasteiger partial charge in [0, 0.05) is 36.1 Å². The number of amides is 2. The summed E-state index contributed by atoms with van der Waals surface area (Å²) in [7, 11) is 1.69. The van der Waals surface area contributed by atoms with Gasteiger partial charge in [-0.15, -0.1) is 0 Å². The fourth-order valence-electron chi connectivity index (χ4n) is 4.85. The summed E-state index contributed by atoms with van der Waals surface area (Å²) in [5, 5.41) is 1.04. The Morgan fingerprint density at radius 3 is 2.72 bits per heavy atom. The summed E-state index contributed by atoms with van der Waals surface area (Å²) < 4.78 is 11.2. The SMILES string of the molecule is CN1CC(=O)N2[C@@H](c3c[nH]c4ccccc34)c3cc4c(cc3C[C@H]2C1=O)OCO4. The van der Waals surface area contributed by atoms with Gasteiger partial charge in [0.25, 0.3) is 0 Å². The van der Waals surface area contributed by atoms with E-state index in [1.165, 1.54) is 4.90 Å². The lowest BCUT2D eigenvalue weighted by Crippen LogP contribution is -2.62. The molecule has 4 heterocycles. The second-order valence-electron chi connectivity index (χ2n) is 7.81. The average Bonchev–Trinajstić information content (AvgIpc) is 3.35. The van der Waals surface area contributed by atoms with Crippen molar-refractivity contribution in [1.82, 2.24) is 14.8 Å². The Labute approximate surface area is 166 Å². The van der Waals surface area contributed by atoms with E-state index in [-0.39, 0.29) is 31.2 Å². The Balaban J connectivity index is 1.61. The Hall–Kier alpha value is -3.48. The van der Waals surface area contributed by atoms with E-state index in [2.05, 4.69) is 4.98 Å². The first kappa shape index (κ1) is 16.5. The zero-order valence-electron chi connectivity index (χ0n) is 15.8. The number of aromatic amines is 1. The number of ether oxygens (including phenoxy) is 2. The van der Waals surface area contributed by atoms with Crippen molar-refractivity contribution in [3.8, 4) is 11.5 Å². The number of H-pyrrole nitrogens is 1. The van der Waals surface area contributed by atoms with Crippen LogP contribution in [-0.4, -0.2) is 53.0 Å². The van der Waals surface area contributed by atoms with Crippen molar-refractivity contribution in [2.24, 2.45) is 0 Å². The van der Waals surface area contributed by atoms with Crippen LogP contribution in [0.1, 0.15) is 22.7 Å². The van der Waals surface area contributed by atoms with Gasteiger partial charge in [-0.3, -0.25) is 9.59 Å². The van der Waals surface area contributed by atoms with Crippen LogP contribution in [0.15, 0.2) is 42.6 Å². The molecule has 1 aromatic heterocycles. The van der Waals surface area contributed by atoms with E-state index in [4.69, 9.17) is 9.47 Å². The summed E-state index contributed by atoms with van der Waals surface area (Å²) in [6, 6.07) is 11.1. The zero-order chi connectivity index (χ0) is 19.7. The van der Waals surface area contributed by atoms with Crippen LogP contribution in [0.4, 0.5) is 0 Å². The Kier molecular flexibility index (Phi) is 3.27. The van der Waals surface area contributed by atoms with Gasteiger partial charge in [-0.2, -0.15) is 0 Å². The normalized spacial score (nSPS) is 22.8. The van der Waals surface area contributed by atoms with E-state index in [0.29, 0.717) is 17.9 Å². The molecule has 2 atom stereocenters. The molecule has 2 aromatic carbocycles. The number of benzene rings is 2. The van der Waals surface area contributed by atoms with Crippen molar-refractivity contribution in [1.29, 1.82) is 0 Å². The topological polar surface area (TPSA) is 74.9 Å². The van der Waals surface area contributed by atoms with Crippen LogP contribution in [0.3, 0.4) is 0 Å². The van der Waals surface area contributed by atoms with Crippen molar-refractivity contribution in [3.63, 3.8) is 0 Å². The number of fused-ring (bicyclic) bond motifs is 4. The predicted octanol–water partition coefficient (Wildman–Crippen LogP) is 2.21. The second-order valence-corrected chi connectivity index (χ2v) is 7.81. The molecule has 146 valence electrons. The summed E-state index contributed by atoms with van der Waals surface area (Å²) in [6.45, 7) is 0.276. The smallest absolute Gasteiger partial charge is 0.245 e. The Bertz CT molecular complexity index is 1180. The third kappa shape index (κ3) is 2.24. The van der Waals surface area contributed by atoms with Crippen molar-refractivity contribution >= 4 is 22.7 Å². The Morgan fingerprint density at radius 2 is 1.86 bits per heavy atom. The van der Waals surface area contributed by atoms with Crippen molar-refractivity contribution in [3.05, 3.63) is 59.3 Å². The quantitative estimate of drug-likeness (QED) is 0.693. The number of hydrogen-bond donors (Lipinski definition) is 1. The van der Waals surface area contributed by atoms with Gasteiger partial charge in [-0.25, -0.2) is 0 Å². The van der Waals surface area contributed by atoms with Crippen LogP contribution in [0.2, 0.25) is 0 Å². The van der Waals surface area contributed by atoms with Gasteiger partial charge in [-0.05, 0) is 29.3 Å². The van der Waals surface area contributed by atoms with Crippen molar-refractivity contribution in [2.45, 2.75) is 18.5 Å². The number of carbonyl (C=O) groups is 2. The van der Waals surface area contributed by atoms with Crippen LogP contribution in [0.5, 0.6) is 11.5 Å². The van der Waals surface area contributed by atoms with Gasteiger partial charge in [-0.1, -0.05) is 18.2 Å². The highest BCUT2D eigenvalue weighted by molar-refractivity contribution is 5.97. The van der Waals surface area contributed by atoms with Crippen LogP contribution < -0.4 is 9.47 Å². The summed E-state index contributed by atoms with van der Waals surface area (Å²) in [5.41, 5.74) is 3.99. The number of aromatic nitrogens is 1. The highest BCUT2D eigenvalue weighted by atomic mass is 16.7. The van der Waals surface area contributed by atoms with E-state index < -0.39 is 6.04 Å². The van der Waals surface area contributed by atoms with E-state index in [1.807, 2.05) is 42.6 Å². The molecule has 0 spiro atoms. The number of piperazine rings is 1. The summed E-state index contributed by atoms with van der Waals surface area (Å²) in [6.07, 6.45) is 2.42. The van der Waals surface area contributed by atoms with Gasteiger partial charge in [0.05, 0.1) is 12.6 Å². The number of para-hydroxylation sites is 1. The first-order valence-corrected chi connectivity index (χ1v) is 9.66. The van der Waals surface area contributed by atoms with Crippen LogP contribution >= 0.6 is 0 Å². The number of carbonyl (C=O) groups excluding carboxylic acids is 2. The molecule has 7 nitrogen and oxygen atoms in total. The van der Waals surface area contributed by atoms with E-state index in [0.717, 1.165) is 27.6 Å². The first-order chi connectivity index (χ1) is 14.1. The summed E-state index contributed by atoms with van der Waals surface area (Å²) >= 11 is 0. The third-order valence-electron chi connectivity index (χ3n) is 6.19. The summed E-state index contributed by atoms with van der Waals surface area (Å²) in [4.78, 5) is 32.7. The molecular formula is C22H19N3O4. The molecule has 1 fully saturated rings. The average molecular weight is 389 g/mol. The lowest BCUT2D eigenvalue weighted by atomic mass is 9.82. The Morgan fingerprint density at radius 1 is 1.07 bits per heavy atom. The molecule has 2 amide bonds. The minimum Gasteiger partial charge on any atom is -0.454 e. The van der Waals surface area contributed by atoms with Crippen LogP contribution in [-0.2, 0) is 16.0 Å². The summed E-state index contributed by atoms with van der Waals surface area (Å²) in [5.74, 6) is 1.30. The maximum atomic E-state index is 13.1. The number of nitrogens with one attached hydrogen (secondary N) is 1. The van der Waals surface area contributed by atoms with Crippen molar-refractivity contribution < 1.29 is 19.1 Å². The maximum absolute atomic E-state index is 13.1. The van der Waals surface area contributed by atoms with Crippen molar-refractivity contribution in [2.75, 3.05) is 20.4 Å². The molecule has 0 saturated carbocycles. The fraction of sp³-hybridized carbons (Fsp3) is 0.273. The minimum atomic E-state index is -0.521. The molecule has 0 bridgehead atoms. The van der Waals surface area contributed by atoms with E-state index >= 15 is 0 Å². The molecule has 1 N–H and O–H groups in total. The number of nitrogens with zero attached hydrogens (tertiary/aromatic N) is 2. The molecule has 3 aliphatic heterocycles. The molecule has 1 saturated heterocycles. The highest BCUT2D eigenvalue weighted by Crippen LogP contribution is 2.46. The molecule has 6 rings (SSSR count). The standard InChI is InChI=1S/C22H19N3O4/c1-24-10-20(26)25-17(22(24)27)6-12-7-18-19(29-11-28-18)8-14(12)21(25)15-9-23-16-5-3-2-4-13(15)16/h2-5,7-9,17,21,23H,6,10-11H2,1H3/t17-,21+/m0/s1. The van der Waals surface area contributed by atoms with Gasteiger partial charge in [0.1, 0.15) is 6.04 Å². The van der Waals surface area contributed by atoms with Gasteiger partial charge in [0.15, 0.2) is 11.5 Å². The molecule has 0 aliphatic carbocycles. The first-order valence-electron chi connectivity index (χ1n) is 9.66. The lowest BCUT2D eigenvalue weighted by Gasteiger charge is -2.47. The molecule has 0 radical (unpaired) electrons. The monoisotopic (exact) mass is 389 g/mol. The fourth-order valence-corrected chi connectivity index (χ4v) is 4.85.